The van der Waals surface area contributed by atoms with E-state index in [4.69, 9.17) is 9.47 Å². The molecule has 0 amide bonds. The summed E-state index contributed by atoms with van der Waals surface area (Å²) in [6.07, 6.45) is -8.30. The second-order valence-electron chi connectivity index (χ2n) is 7.28. The van der Waals surface area contributed by atoms with Crippen LogP contribution in [0.4, 0.5) is 0 Å². The topological polar surface area (TPSA) is 194 Å². The van der Waals surface area contributed by atoms with Gasteiger partial charge in [-0.3, -0.25) is 4.79 Å². The Bertz CT molecular complexity index is 1020. The van der Waals surface area contributed by atoms with Crippen molar-refractivity contribution in [2.24, 2.45) is 0 Å². The maximum absolute atomic E-state index is 12.6. The number of Topliss-reactive ketones (excluding diaryl/α,β-unsaturated/α-hetero) is 1. The predicted octanol–water partition coefficient (Wildman–Crippen LogP) is 0.0912. The molecule has 5 atom stereocenters. The fourth-order valence-corrected chi connectivity index (χ4v) is 3.53. The predicted molar refractivity (Wildman–Crippen MR) is 105 cm³/mol. The van der Waals surface area contributed by atoms with Gasteiger partial charge in [-0.2, -0.15) is 0 Å². The van der Waals surface area contributed by atoms with Crippen LogP contribution in [0.3, 0.4) is 0 Å². The minimum Gasteiger partial charge on any atom is -0.508 e. The van der Waals surface area contributed by atoms with Crippen LogP contribution in [0.2, 0.25) is 0 Å². The lowest BCUT2D eigenvalue weighted by Gasteiger charge is -2.42. The van der Waals surface area contributed by atoms with Crippen LogP contribution in [0.15, 0.2) is 30.3 Å². The highest BCUT2D eigenvalue weighted by molar-refractivity contribution is 6.00. The zero-order chi connectivity index (χ0) is 23.7. The molecule has 32 heavy (non-hydrogen) atoms. The molecule has 0 aliphatic carbocycles. The van der Waals surface area contributed by atoms with Crippen molar-refractivity contribution in [2.75, 3.05) is 6.61 Å². The molecule has 172 valence electrons. The van der Waals surface area contributed by atoms with Gasteiger partial charge in [0.2, 0.25) is 0 Å². The average Bonchev–Trinajstić information content (AvgIpc) is 2.72. The van der Waals surface area contributed by atoms with E-state index in [9.17, 15) is 45.3 Å². The van der Waals surface area contributed by atoms with E-state index >= 15 is 0 Å². The van der Waals surface area contributed by atoms with E-state index < -0.39 is 77.3 Å². The van der Waals surface area contributed by atoms with Gasteiger partial charge < -0.3 is 45.2 Å². The standard InChI is InChI=1S/C21H22O11/c1-8(23)14-11(25)6-12(26)15(17(14)28)19-20(18(29)16(27)13(7-22)31-19)32-21(30)9-2-4-10(24)5-3-9/h2-6,13,16,18-20,22,24-29H,7H2,1H3/t13-,16-,18+,19+,20-/m1/s1. The van der Waals surface area contributed by atoms with Crippen LogP contribution in [-0.4, -0.2) is 78.5 Å². The number of rotatable bonds is 5. The van der Waals surface area contributed by atoms with E-state index in [2.05, 4.69) is 0 Å². The zero-order valence-corrected chi connectivity index (χ0v) is 16.7. The summed E-state index contributed by atoms with van der Waals surface area (Å²) < 4.78 is 10.8. The average molecular weight is 450 g/mol. The number of aliphatic hydroxyl groups excluding tert-OH is 3. The Morgan fingerprint density at radius 1 is 1.00 bits per heavy atom. The Morgan fingerprint density at radius 3 is 2.19 bits per heavy atom. The zero-order valence-electron chi connectivity index (χ0n) is 16.7. The molecule has 7 N–H and O–H groups in total. The lowest BCUT2D eigenvalue weighted by molar-refractivity contribution is -0.232. The normalized spacial score (nSPS) is 25.3. The summed E-state index contributed by atoms with van der Waals surface area (Å²) in [7, 11) is 0. The van der Waals surface area contributed by atoms with E-state index in [1.165, 1.54) is 24.3 Å². The number of phenols is 4. The van der Waals surface area contributed by atoms with Gasteiger partial charge in [0.15, 0.2) is 11.9 Å². The summed E-state index contributed by atoms with van der Waals surface area (Å²) in [6, 6.07) is 5.67. The maximum Gasteiger partial charge on any atom is 0.338 e. The van der Waals surface area contributed by atoms with Crippen molar-refractivity contribution in [3.05, 3.63) is 47.0 Å². The molecule has 1 saturated heterocycles. The molecule has 1 heterocycles. The number of phenolic OH excluding ortho intramolecular Hbond substituents is 4. The summed E-state index contributed by atoms with van der Waals surface area (Å²) in [6.45, 7) is 0.279. The van der Waals surface area contributed by atoms with Gasteiger partial charge >= 0.3 is 5.97 Å². The van der Waals surface area contributed by atoms with Crippen molar-refractivity contribution in [3.63, 3.8) is 0 Å². The molecule has 0 radical (unpaired) electrons. The quantitative estimate of drug-likeness (QED) is 0.241. The van der Waals surface area contributed by atoms with Crippen LogP contribution in [0, 0.1) is 0 Å². The van der Waals surface area contributed by atoms with Gasteiger partial charge in [-0.15, -0.1) is 0 Å². The third kappa shape index (κ3) is 4.18. The number of aromatic hydroxyl groups is 4. The number of hydrogen-bond acceptors (Lipinski definition) is 11. The van der Waals surface area contributed by atoms with Gasteiger partial charge in [0.25, 0.3) is 0 Å². The number of ether oxygens (including phenoxy) is 2. The summed E-state index contributed by atoms with van der Waals surface area (Å²) in [5.41, 5.74) is -1.08. The smallest absolute Gasteiger partial charge is 0.338 e. The molecule has 1 aliphatic rings. The second-order valence-corrected chi connectivity index (χ2v) is 7.28. The first kappa shape index (κ1) is 23.3. The van der Waals surface area contributed by atoms with Crippen molar-refractivity contribution in [2.45, 2.75) is 37.4 Å². The Labute approximate surface area is 181 Å². The van der Waals surface area contributed by atoms with Crippen LogP contribution >= 0.6 is 0 Å². The summed E-state index contributed by atoms with van der Waals surface area (Å²) >= 11 is 0. The number of esters is 1. The van der Waals surface area contributed by atoms with Crippen LogP contribution in [0.1, 0.15) is 39.3 Å². The largest absolute Gasteiger partial charge is 0.508 e. The third-order valence-corrected chi connectivity index (χ3v) is 5.15. The van der Waals surface area contributed by atoms with Crippen molar-refractivity contribution >= 4 is 11.8 Å². The molecule has 1 aliphatic heterocycles. The van der Waals surface area contributed by atoms with E-state index in [1.807, 2.05) is 0 Å². The van der Waals surface area contributed by atoms with Crippen molar-refractivity contribution in [3.8, 4) is 23.0 Å². The molecule has 2 aromatic carbocycles. The summed E-state index contributed by atoms with van der Waals surface area (Å²) in [5.74, 6) is -4.22. The SMILES string of the molecule is CC(=O)c1c(O)cc(O)c([C@@H]2O[C@H](CO)[C@@H](O)[C@H](O)[C@H]2OC(=O)c2ccc(O)cc2)c1O. The van der Waals surface area contributed by atoms with E-state index in [0.29, 0.717) is 0 Å². The van der Waals surface area contributed by atoms with Crippen molar-refractivity contribution in [1.29, 1.82) is 0 Å². The second kappa shape index (κ2) is 9.01. The highest BCUT2D eigenvalue weighted by Gasteiger charge is 2.49. The molecule has 0 spiro atoms. The van der Waals surface area contributed by atoms with Crippen LogP contribution in [-0.2, 0) is 9.47 Å². The number of hydrogen-bond donors (Lipinski definition) is 7. The monoisotopic (exact) mass is 450 g/mol. The third-order valence-electron chi connectivity index (χ3n) is 5.15. The lowest BCUT2D eigenvalue weighted by Crippen LogP contribution is -2.56. The highest BCUT2D eigenvalue weighted by Crippen LogP contribution is 2.46. The maximum atomic E-state index is 12.6. The number of aliphatic hydroxyl groups is 3. The van der Waals surface area contributed by atoms with Crippen molar-refractivity contribution in [1.82, 2.24) is 0 Å². The summed E-state index contributed by atoms with van der Waals surface area (Å²) in [5, 5.41) is 70.6. The Hall–Kier alpha value is -3.38. The number of ketones is 1. The van der Waals surface area contributed by atoms with Gasteiger partial charge in [-0.1, -0.05) is 0 Å². The minimum atomic E-state index is -1.83. The Morgan fingerprint density at radius 2 is 1.62 bits per heavy atom. The molecule has 2 aromatic rings. The van der Waals surface area contributed by atoms with E-state index in [-0.39, 0.29) is 11.3 Å². The first-order chi connectivity index (χ1) is 15.1. The molecule has 11 nitrogen and oxygen atoms in total. The molecule has 3 rings (SSSR count). The molecular weight excluding hydrogens is 428 g/mol. The molecule has 11 heteroatoms. The highest BCUT2D eigenvalue weighted by atomic mass is 16.6. The minimum absolute atomic E-state index is 0.0314. The fraction of sp³-hybridized carbons (Fsp3) is 0.333. The Kier molecular flexibility index (Phi) is 6.55. The van der Waals surface area contributed by atoms with Gasteiger partial charge in [-0.25, -0.2) is 4.79 Å². The van der Waals surface area contributed by atoms with E-state index in [1.54, 1.807) is 0 Å². The lowest BCUT2D eigenvalue weighted by atomic mass is 9.88. The van der Waals surface area contributed by atoms with Crippen LogP contribution in [0.25, 0.3) is 0 Å². The van der Waals surface area contributed by atoms with E-state index in [0.717, 1.165) is 13.0 Å². The van der Waals surface area contributed by atoms with Crippen LogP contribution < -0.4 is 0 Å². The molecule has 0 saturated carbocycles. The first-order valence-corrected chi connectivity index (χ1v) is 9.48. The summed E-state index contributed by atoms with van der Waals surface area (Å²) in [4.78, 5) is 24.4. The first-order valence-electron chi connectivity index (χ1n) is 9.48. The van der Waals surface area contributed by atoms with Crippen LogP contribution in [0.5, 0.6) is 23.0 Å². The Balaban J connectivity index is 2.08. The fourth-order valence-electron chi connectivity index (χ4n) is 3.53. The number of benzene rings is 2. The number of carbonyl (C=O) groups excluding carboxylic acids is 2. The van der Waals surface area contributed by atoms with Gasteiger partial charge in [-0.05, 0) is 31.2 Å². The van der Waals surface area contributed by atoms with Gasteiger partial charge in [0.1, 0.15) is 53.0 Å². The van der Waals surface area contributed by atoms with Gasteiger partial charge in [0.05, 0.1) is 17.7 Å². The van der Waals surface area contributed by atoms with Gasteiger partial charge in [0, 0.05) is 6.07 Å². The number of carbonyl (C=O) groups is 2. The molecule has 1 fully saturated rings. The van der Waals surface area contributed by atoms with Crippen molar-refractivity contribution < 1.29 is 54.8 Å². The molecule has 0 unspecified atom stereocenters. The molecule has 0 aromatic heterocycles. The molecular formula is C21H22O11. The molecule has 0 bridgehead atoms.